The lowest BCUT2D eigenvalue weighted by atomic mass is 9.84. The molecular weight excluding hydrogens is 226 g/mol. The minimum Gasteiger partial charge on any atom is -0.497 e. The first kappa shape index (κ1) is 11.3. The summed E-state index contributed by atoms with van der Waals surface area (Å²) < 4.78 is 5.21. The molecule has 4 rings (SSSR count). The Labute approximate surface area is 107 Å². The van der Waals surface area contributed by atoms with Crippen LogP contribution in [0.5, 0.6) is 5.75 Å². The highest BCUT2D eigenvalue weighted by Gasteiger charge is 2.36. The number of ether oxygens (including phenoxy) is 1. The maximum absolute atomic E-state index is 12.2. The predicted octanol–water partition coefficient (Wildman–Crippen LogP) is 2.33. The number of hydrogen-bond donors (Lipinski definition) is 0. The molecule has 0 saturated carbocycles. The van der Waals surface area contributed by atoms with Gasteiger partial charge in [-0.05, 0) is 36.6 Å². The van der Waals surface area contributed by atoms with Crippen LogP contribution in [-0.2, 0) is 4.79 Å². The van der Waals surface area contributed by atoms with Gasteiger partial charge in [-0.25, -0.2) is 0 Å². The van der Waals surface area contributed by atoms with Crippen molar-refractivity contribution in [1.82, 2.24) is 4.90 Å². The summed E-state index contributed by atoms with van der Waals surface area (Å²) in [5.41, 5.74) is 1.91. The molecule has 1 aromatic rings. The molecule has 2 bridgehead atoms. The smallest absolute Gasteiger partial charge is 0.182 e. The first-order valence-corrected chi connectivity index (χ1v) is 6.43. The zero-order valence-electron chi connectivity index (χ0n) is 10.6. The average Bonchev–Trinajstić information content (AvgIpc) is 2.43. The number of hydrogen-bond acceptors (Lipinski definition) is 3. The molecule has 0 aromatic heterocycles. The third-order valence-corrected chi connectivity index (χ3v) is 3.86. The molecule has 1 aromatic carbocycles. The maximum atomic E-state index is 12.2. The summed E-state index contributed by atoms with van der Waals surface area (Å²) in [5, 5.41) is 0. The summed E-state index contributed by atoms with van der Waals surface area (Å²) in [5.74, 6) is 1.40. The normalized spacial score (nSPS) is 21.7. The number of carbonyl (C=O) groups is 1. The fourth-order valence-corrected chi connectivity index (χ4v) is 2.80. The van der Waals surface area contributed by atoms with Crippen molar-refractivity contribution in [3.05, 3.63) is 35.5 Å². The van der Waals surface area contributed by atoms with Crippen LogP contribution in [0.3, 0.4) is 0 Å². The number of piperidine rings is 3. The predicted molar refractivity (Wildman–Crippen MR) is 70.3 cm³/mol. The number of methoxy groups -OCH3 is 1. The van der Waals surface area contributed by atoms with E-state index in [0.29, 0.717) is 5.78 Å². The van der Waals surface area contributed by atoms with Crippen molar-refractivity contribution in [2.45, 2.75) is 12.8 Å². The Balaban J connectivity index is 1.93. The van der Waals surface area contributed by atoms with Gasteiger partial charge in [0.25, 0.3) is 0 Å². The number of carbonyl (C=O) groups excluding carboxylic acids is 1. The summed E-state index contributed by atoms with van der Waals surface area (Å²) in [7, 11) is 1.66. The van der Waals surface area contributed by atoms with E-state index in [1.165, 1.54) is 0 Å². The number of benzene rings is 1. The molecule has 0 unspecified atom stereocenters. The molecule has 0 radical (unpaired) electrons. The molecule has 94 valence electrons. The molecule has 3 nitrogen and oxygen atoms in total. The Kier molecular flexibility index (Phi) is 2.82. The van der Waals surface area contributed by atoms with Crippen LogP contribution in [0.25, 0.3) is 6.08 Å². The van der Waals surface area contributed by atoms with Crippen LogP contribution >= 0.6 is 0 Å². The molecule has 3 saturated heterocycles. The number of fused-ring (bicyclic) bond motifs is 3. The molecule has 0 spiro atoms. The van der Waals surface area contributed by atoms with Crippen molar-refractivity contribution in [1.29, 1.82) is 0 Å². The molecule has 3 fully saturated rings. The Morgan fingerprint density at radius 1 is 1.33 bits per heavy atom. The van der Waals surface area contributed by atoms with Gasteiger partial charge in [0.05, 0.1) is 12.8 Å². The van der Waals surface area contributed by atoms with Gasteiger partial charge >= 0.3 is 0 Å². The van der Waals surface area contributed by atoms with Crippen molar-refractivity contribution in [3.63, 3.8) is 0 Å². The number of Topliss-reactive ketones (excluding diaryl/α,β-unsaturated/α-hetero) is 1. The van der Waals surface area contributed by atoms with Gasteiger partial charge in [0, 0.05) is 19.0 Å². The standard InChI is InChI=1S/C15H17NO2/c1-18-13-4-2-3-11(9-13)10-14-15(17)12-5-7-16(14)8-6-12/h2-4,9-10,12H,5-8H2,1H3. The number of allylic oxidation sites excluding steroid dienone is 1. The van der Waals surface area contributed by atoms with Gasteiger partial charge in [-0.3, -0.25) is 4.79 Å². The Morgan fingerprint density at radius 2 is 2.11 bits per heavy atom. The molecule has 3 aliphatic rings. The minimum absolute atomic E-state index is 0.256. The van der Waals surface area contributed by atoms with Crippen LogP contribution in [-0.4, -0.2) is 30.9 Å². The first-order chi connectivity index (χ1) is 8.78. The van der Waals surface area contributed by atoms with Crippen molar-refractivity contribution < 1.29 is 9.53 Å². The summed E-state index contributed by atoms with van der Waals surface area (Å²) in [6.07, 6.45) is 4.04. The van der Waals surface area contributed by atoms with Gasteiger partial charge in [0.1, 0.15) is 5.75 Å². The number of ketones is 1. The molecule has 0 atom stereocenters. The monoisotopic (exact) mass is 243 g/mol. The van der Waals surface area contributed by atoms with E-state index in [9.17, 15) is 4.79 Å². The molecule has 3 aliphatic heterocycles. The maximum Gasteiger partial charge on any atom is 0.182 e. The van der Waals surface area contributed by atoms with Crippen molar-refractivity contribution in [2.24, 2.45) is 5.92 Å². The van der Waals surface area contributed by atoms with E-state index in [0.717, 1.165) is 42.9 Å². The van der Waals surface area contributed by atoms with Crippen LogP contribution < -0.4 is 4.74 Å². The molecule has 3 heteroatoms. The molecule has 0 N–H and O–H groups in total. The minimum atomic E-state index is 0.256. The van der Waals surface area contributed by atoms with Gasteiger partial charge in [0.2, 0.25) is 0 Å². The molecule has 0 aliphatic carbocycles. The van der Waals surface area contributed by atoms with Crippen molar-refractivity contribution >= 4 is 11.9 Å². The van der Waals surface area contributed by atoms with Crippen LogP contribution in [0.1, 0.15) is 18.4 Å². The first-order valence-electron chi connectivity index (χ1n) is 6.43. The lowest BCUT2D eigenvalue weighted by Gasteiger charge is -2.41. The van der Waals surface area contributed by atoms with E-state index in [1.54, 1.807) is 7.11 Å². The highest BCUT2D eigenvalue weighted by Crippen LogP contribution is 2.32. The van der Waals surface area contributed by atoms with Crippen molar-refractivity contribution in [3.8, 4) is 5.75 Å². The third kappa shape index (κ3) is 1.90. The zero-order valence-corrected chi connectivity index (χ0v) is 10.6. The summed E-state index contributed by atoms with van der Waals surface area (Å²) in [4.78, 5) is 14.4. The van der Waals surface area contributed by atoms with E-state index < -0.39 is 0 Å². The highest BCUT2D eigenvalue weighted by molar-refractivity contribution is 6.01. The fraction of sp³-hybridized carbons (Fsp3) is 0.400. The largest absolute Gasteiger partial charge is 0.497 e. The van der Waals surface area contributed by atoms with Crippen LogP contribution in [0, 0.1) is 5.92 Å². The molecular formula is C15H17NO2. The second-order valence-corrected chi connectivity index (χ2v) is 4.93. The molecule has 0 amide bonds. The second-order valence-electron chi connectivity index (χ2n) is 4.93. The molecule has 3 heterocycles. The number of rotatable bonds is 2. The van der Waals surface area contributed by atoms with Crippen LogP contribution in [0.2, 0.25) is 0 Å². The van der Waals surface area contributed by atoms with Gasteiger partial charge < -0.3 is 9.64 Å². The highest BCUT2D eigenvalue weighted by atomic mass is 16.5. The quantitative estimate of drug-likeness (QED) is 0.747. The number of nitrogens with zero attached hydrogens (tertiary/aromatic N) is 1. The summed E-state index contributed by atoms with van der Waals surface area (Å²) in [6, 6.07) is 7.83. The third-order valence-electron chi connectivity index (χ3n) is 3.86. The van der Waals surface area contributed by atoms with Crippen LogP contribution in [0.4, 0.5) is 0 Å². The fourth-order valence-electron chi connectivity index (χ4n) is 2.80. The van der Waals surface area contributed by atoms with E-state index in [2.05, 4.69) is 4.90 Å². The Bertz CT molecular complexity index is 499. The Hall–Kier alpha value is -1.77. The molecule has 18 heavy (non-hydrogen) atoms. The lowest BCUT2D eigenvalue weighted by molar-refractivity contribution is -0.125. The van der Waals surface area contributed by atoms with E-state index >= 15 is 0 Å². The van der Waals surface area contributed by atoms with Gasteiger partial charge in [-0.1, -0.05) is 12.1 Å². The topological polar surface area (TPSA) is 29.5 Å². The van der Waals surface area contributed by atoms with Crippen molar-refractivity contribution in [2.75, 3.05) is 20.2 Å². The van der Waals surface area contributed by atoms with Crippen LogP contribution in [0.15, 0.2) is 30.0 Å². The van der Waals surface area contributed by atoms with Gasteiger partial charge in [0.15, 0.2) is 5.78 Å². The van der Waals surface area contributed by atoms with E-state index in [-0.39, 0.29) is 5.92 Å². The van der Waals surface area contributed by atoms with Gasteiger partial charge in [-0.15, -0.1) is 0 Å². The SMILES string of the molecule is COc1cccc(C=C2C(=O)C3CCN2CC3)c1. The summed E-state index contributed by atoms with van der Waals surface area (Å²) >= 11 is 0. The zero-order chi connectivity index (χ0) is 12.5. The average molecular weight is 243 g/mol. The van der Waals surface area contributed by atoms with Gasteiger partial charge in [-0.2, -0.15) is 0 Å². The lowest BCUT2D eigenvalue weighted by Crippen LogP contribution is -2.45. The Morgan fingerprint density at radius 3 is 2.78 bits per heavy atom. The second kappa shape index (κ2) is 4.48. The van der Waals surface area contributed by atoms with E-state index in [4.69, 9.17) is 4.74 Å². The van der Waals surface area contributed by atoms with E-state index in [1.807, 2.05) is 30.3 Å². The summed E-state index contributed by atoms with van der Waals surface area (Å²) in [6.45, 7) is 2.04.